The molecule has 0 spiro atoms. The molecule has 1 unspecified atom stereocenters. The van der Waals surface area contributed by atoms with Crippen LogP contribution in [0, 0.1) is 13.8 Å². The van der Waals surface area contributed by atoms with Crippen LogP contribution in [0.2, 0.25) is 0 Å². The first kappa shape index (κ1) is 21.7. The number of methoxy groups -OCH3 is 1. The van der Waals surface area contributed by atoms with Gasteiger partial charge in [-0.1, -0.05) is 30.3 Å². The van der Waals surface area contributed by atoms with Crippen molar-refractivity contribution in [3.05, 3.63) is 71.3 Å². The Morgan fingerprint density at radius 3 is 2.53 bits per heavy atom. The number of aromatic nitrogens is 4. The van der Waals surface area contributed by atoms with Gasteiger partial charge in [0.25, 0.3) is 0 Å². The van der Waals surface area contributed by atoms with Crippen LogP contribution in [0.5, 0.6) is 0 Å². The zero-order valence-electron chi connectivity index (χ0n) is 18.9. The Morgan fingerprint density at radius 2 is 1.84 bits per heavy atom. The Morgan fingerprint density at radius 1 is 1.06 bits per heavy atom. The second kappa shape index (κ2) is 9.30. The molecule has 166 valence electrons. The van der Waals surface area contributed by atoms with Crippen molar-refractivity contribution in [1.29, 1.82) is 0 Å². The fourth-order valence-corrected chi connectivity index (χ4v) is 4.18. The predicted molar refractivity (Wildman–Crippen MR) is 123 cm³/mol. The Bertz CT molecular complexity index is 1080. The van der Waals surface area contributed by atoms with E-state index >= 15 is 0 Å². The van der Waals surface area contributed by atoms with E-state index in [1.54, 1.807) is 18.6 Å². The van der Waals surface area contributed by atoms with Crippen LogP contribution < -0.4 is 9.80 Å². The zero-order valence-corrected chi connectivity index (χ0v) is 18.9. The minimum absolute atomic E-state index is 0.0955. The molecule has 0 saturated carbocycles. The average molecular weight is 433 g/mol. The van der Waals surface area contributed by atoms with Crippen LogP contribution in [0.25, 0.3) is 0 Å². The molecule has 1 saturated heterocycles. The van der Waals surface area contributed by atoms with Crippen LogP contribution in [0.3, 0.4) is 0 Å². The molecule has 2 aromatic heterocycles. The van der Waals surface area contributed by atoms with Crippen molar-refractivity contribution in [2.24, 2.45) is 0 Å². The van der Waals surface area contributed by atoms with E-state index in [4.69, 9.17) is 4.74 Å². The molecular formula is C24H28N6O2. The number of nitrogens with zero attached hydrogens (tertiary/aromatic N) is 6. The number of carbonyl (C=O) groups is 1. The van der Waals surface area contributed by atoms with Gasteiger partial charge >= 0.3 is 5.97 Å². The van der Waals surface area contributed by atoms with Crippen LogP contribution in [-0.2, 0) is 16.0 Å². The van der Waals surface area contributed by atoms with E-state index in [2.05, 4.69) is 51.0 Å². The fourth-order valence-electron chi connectivity index (χ4n) is 4.18. The second-order valence-electron chi connectivity index (χ2n) is 8.14. The molecule has 3 aromatic rings. The van der Waals surface area contributed by atoms with Gasteiger partial charge in [-0.05, 0) is 37.5 Å². The summed E-state index contributed by atoms with van der Waals surface area (Å²) in [6, 6.07) is 9.81. The number of hydrogen-bond donors (Lipinski definition) is 0. The summed E-state index contributed by atoms with van der Waals surface area (Å²) in [6.07, 6.45) is 5.74. The highest BCUT2D eigenvalue weighted by molar-refractivity contribution is 5.81. The molecule has 0 radical (unpaired) electrons. The van der Waals surface area contributed by atoms with Crippen LogP contribution in [0.1, 0.15) is 29.3 Å². The van der Waals surface area contributed by atoms with E-state index in [0.717, 1.165) is 34.9 Å². The van der Waals surface area contributed by atoms with Crippen LogP contribution in [0.4, 0.5) is 11.6 Å². The van der Waals surface area contributed by atoms with Gasteiger partial charge < -0.3 is 14.5 Å². The predicted octanol–water partition coefficient (Wildman–Crippen LogP) is 2.73. The fraction of sp³-hybridized carbons (Fsp3) is 0.375. The largest absolute Gasteiger partial charge is 0.467 e. The molecule has 0 amide bonds. The molecule has 0 N–H and O–H groups in total. The van der Waals surface area contributed by atoms with E-state index in [-0.39, 0.29) is 12.0 Å². The molecule has 4 rings (SSSR count). The van der Waals surface area contributed by atoms with Gasteiger partial charge in [-0.15, -0.1) is 5.10 Å². The molecule has 1 fully saturated rings. The number of esters is 1. The van der Waals surface area contributed by atoms with E-state index in [1.807, 2.05) is 30.0 Å². The lowest BCUT2D eigenvalue weighted by Crippen LogP contribution is -2.61. The van der Waals surface area contributed by atoms with Gasteiger partial charge in [0.15, 0.2) is 5.82 Å². The summed E-state index contributed by atoms with van der Waals surface area (Å²) >= 11 is 0. The summed E-state index contributed by atoms with van der Waals surface area (Å²) in [5.74, 6) is 1.16. The minimum atomic E-state index is -0.523. The molecule has 32 heavy (non-hydrogen) atoms. The molecule has 8 nitrogen and oxygen atoms in total. The normalized spacial score (nSPS) is 18.5. The van der Waals surface area contributed by atoms with Gasteiger partial charge in [0.2, 0.25) is 0 Å². The standard InChI is InChI=1S/C24H28N6O2/c1-16-14-30(21(24(31)32-4)15-29(16)22-13-25-10-11-26-22)23-18(3)17(2)20(27-28-23)12-19-8-6-5-7-9-19/h5-11,13,16,21H,12,14-15H2,1-4H3/t16?,21-/m1/s1. The van der Waals surface area contributed by atoms with Crippen molar-refractivity contribution in [3.63, 3.8) is 0 Å². The van der Waals surface area contributed by atoms with Crippen molar-refractivity contribution in [2.45, 2.75) is 39.3 Å². The summed E-state index contributed by atoms with van der Waals surface area (Å²) in [5.41, 5.74) is 4.25. The van der Waals surface area contributed by atoms with Crippen molar-refractivity contribution in [2.75, 3.05) is 30.0 Å². The third-order valence-corrected chi connectivity index (χ3v) is 6.14. The SMILES string of the molecule is COC(=O)[C@H]1CN(c2cnccn2)C(C)CN1c1nnc(Cc2ccccc2)c(C)c1C. The molecule has 8 heteroatoms. The lowest BCUT2D eigenvalue weighted by Gasteiger charge is -2.45. The maximum absolute atomic E-state index is 12.8. The first-order chi connectivity index (χ1) is 15.5. The molecule has 2 atom stereocenters. The Kier molecular flexibility index (Phi) is 6.30. The monoisotopic (exact) mass is 432 g/mol. The number of piperazine rings is 1. The van der Waals surface area contributed by atoms with Gasteiger partial charge in [0.05, 0.1) is 25.5 Å². The molecule has 3 heterocycles. The highest BCUT2D eigenvalue weighted by atomic mass is 16.5. The number of rotatable bonds is 5. The summed E-state index contributed by atoms with van der Waals surface area (Å²) in [4.78, 5) is 25.5. The van der Waals surface area contributed by atoms with E-state index in [0.29, 0.717) is 13.1 Å². The van der Waals surface area contributed by atoms with Crippen molar-refractivity contribution < 1.29 is 9.53 Å². The van der Waals surface area contributed by atoms with Gasteiger partial charge in [0, 0.05) is 31.4 Å². The first-order valence-electron chi connectivity index (χ1n) is 10.7. The second-order valence-corrected chi connectivity index (χ2v) is 8.14. The molecule has 0 aliphatic carbocycles. The molecule has 1 aliphatic heterocycles. The van der Waals surface area contributed by atoms with Crippen LogP contribution >= 0.6 is 0 Å². The van der Waals surface area contributed by atoms with Crippen molar-refractivity contribution in [1.82, 2.24) is 20.2 Å². The number of anilines is 2. The zero-order chi connectivity index (χ0) is 22.7. The molecule has 1 aliphatic rings. The number of carbonyl (C=O) groups excluding carboxylic acids is 1. The van der Waals surface area contributed by atoms with Crippen molar-refractivity contribution >= 4 is 17.6 Å². The third-order valence-electron chi connectivity index (χ3n) is 6.14. The van der Waals surface area contributed by atoms with Gasteiger partial charge in [-0.25, -0.2) is 9.78 Å². The Labute approximate surface area is 188 Å². The van der Waals surface area contributed by atoms with Gasteiger partial charge in [0.1, 0.15) is 11.9 Å². The molecular weight excluding hydrogens is 404 g/mol. The van der Waals surface area contributed by atoms with Gasteiger partial charge in [-0.3, -0.25) is 4.98 Å². The summed E-state index contributed by atoms with van der Waals surface area (Å²) < 4.78 is 5.14. The summed E-state index contributed by atoms with van der Waals surface area (Å²) in [5, 5.41) is 9.13. The Hall–Kier alpha value is -3.55. The first-order valence-corrected chi connectivity index (χ1v) is 10.7. The number of ether oxygens (including phenoxy) is 1. The summed E-state index contributed by atoms with van der Waals surface area (Å²) in [7, 11) is 1.41. The quantitative estimate of drug-likeness (QED) is 0.569. The van der Waals surface area contributed by atoms with E-state index in [9.17, 15) is 4.79 Å². The third kappa shape index (κ3) is 4.26. The maximum Gasteiger partial charge on any atom is 0.330 e. The molecule has 1 aromatic carbocycles. The number of hydrogen-bond acceptors (Lipinski definition) is 8. The molecule has 0 bridgehead atoms. The highest BCUT2D eigenvalue weighted by Crippen LogP contribution is 2.29. The number of benzene rings is 1. The lowest BCUT2D eigenvalue weighted by molar-refractivity contribution is -0.142. The topological polar surface area (TPSA) is 84.3 Å². The highest BCUT2D eigenvalue weighted by Gasteiger charge is 2.39. The average Bonchev–Trinajstić information content (AvgIpc) is 2.83. The van der Waals surface area contributed by atoms with Gasteiger partial charge in [-0.2, -0.15) is 5.10 Å². The Balaban J connectivity index is 1.65. The lowest BCUT2D eigenvalue weighted by atomic mass is 10.0. The van der Waals surface area contributed by atoms with Crippen LogP contribution in [0.15, 0.2) is 48.9 Å². The minimum Gasteiger partial charge on any atom is -0.467 e. The van der Waals surface area contributed by atoms with Crippen LogP contribution in [-0.4, -0.2) is 58.4 Å². The summed E-state index contributed by atoms with van der Waals surface area (Å²) in [6.45, 7) is 7.23. The van der Waals surface area contributed by atoms with E-state index < -0.39 is 6.04 Å². The van der Waals surface area contributed by atoms with Crippen molar-refractivity contribution in [3.8, 4) is 0 Å². The van der Waals surface area contributed by atoms with E-state index in [1.165, 1.54) is 12.7 Å². The smallest absolute Gasteiger partial charge is 0.330 e. The maximum atomic E-state index is 12.8.